The maximum atomic E-state index is 9.56. The van der Waals surface area contributed by atoms with Gasteiger partial charge in [-0.3, -0.25) is 0 Å². The quantitative estimate of drug-likeness (QED) is 0.620. The number of hydrogen-bond donors (Lipinski definition) is 2. The molecule has 0 amide bonds. The molecule has 2 unspecified atom stereocenters. The Labute approximate surface area is 87.7 Å². The van der Waals surface area contributed by atoms with Crippen molar-refractivity contribution in [3.8, 4) is 0 Å². The van der Waals surface area contributed by atoms with Gasteiger partial charge in [-0.05, 0) is 52.9 Å². The van der Waals surface area contributed by atoms with Crippen molar-refractivity contribution in [3.63, 3.8) is 0 Å². The van der Waals surface area contributed by atoms with E-state index in [9.17, 15) is 5.11 Å². The highest BCUT2D eigenvalue weighted by molar-refractivity contribution is 4.92. The number of aliphatic hydroxyl groups excluding tert-OH is 2. The summed E-state index contributed by atoms with van der Waals surface area (Å²) in [6.45, 7) is 5.93. The van der Waals surface area contributed by atoms with E-state index >= 15 is 0 Å². The molecule has 2 N–H and O–H groups in total. The Morgan fingerprint density at radius 3 is 2.29 bits per heavy atom. The zero-order chi connectivity index (χ0) is 11.0. The summed E-state index contributed by atoms with van der Waals surface area (Å²) in [5.41, 5.74) is 1.31. The third kappa shape index (κ3) is 9.75. The van der Waals surface area contributed by atoms with Crippen molar-refractivity contribution in [3.05, 3.63) is 11.6 Å². The molecule has 0 aliphatic carbocycles. The van der Waals surface area contributed by atoms with Crippen LogP contribution in [0.1, 0.15) is 52.9 Å². The lowest BCUT2D eigenvalue weighted by molar-refractivity contribution is 0.136. The largest absolute Gasteiger partial charge is 0.393 e. The SMILES string of the molecule is CC(C)=CCCC(O)CCCC(C)O. The third-order valence-corrected chi connectivity index (χ3v) is 2.21. The zero-order valence-electron chi connectivity index (χ0n) is 9.66. The van der Waals surface area contributed by atoms with Gasteiger partial charge in [0, 0.05) is 0 Å². The molecule has 0 saturated heterocycles. The van der Waals surface area contributed by atoms with Crippen LogP contribution in [0.5, 0.6) is 0 Å². The van der Waals surface area contributed by atoms with Gasteiger partial charge in [-0.2, -0.15) is 0 Å². The third-order valence-electron chi connectivity index (χ3n) is 2.21. The Morgan fingerprint density at radius 1 is 1.14 bits per heavy atom. The fourth-order valence-electron chi connectivity index (χ4n) is 1.36. The van der Waals surface area contributed by atoms with Crippen LogP contribution in [-0.2, 0) is 0 Å². The summed E-state index contributed by atoms with van der Waals surface area (Å²) >= 11 is 0. The predicted octanol–water partition coefficient (Wildman–Crippen LogP) is 2.64. The van der Waals surface area contributed by atoms with Gasteiger partial charge in [0.1, 0.15) is 0 Å². The molecule has 84 valence electrons. The molecule has 0 aliphatic heterocycles. The summed E-state index contributed by atoms with van der Waals surface area (Å²) in [7, 11) is 0. The van der Waals surface area contributed by atoms with Gasteiger partial charge in [0.15, 0.2) is 0 Å². The average Bonchev–Trinajstić information content (AvgIpc) is 2.02. The topological polar surface area (TPSA) is 40.5 Å². The van der Waals surface area contributed by atoms with E-state index in [1.54, 1.807) is 6.92 Å². The van der Waals surface area contributed by atoms with E-state index in [1.165, 1.54) is 5.57 Å². The van der Waals surface area contributed by atoms with Gasteiger partial charge in [0.2, 0.25) is 0 Å². The summed E-state index contributed by atoms with van der Waals surface area (Å²) in [5.74, 6) is 0. The van der Waals surface area contributed by atoms with E-state index in [-0.39, 0.29) is 12.2 Å². The first-order valence-corrected chi connectivity index (χ1v) is 5.52. The Morgan fingerprint density at radius 2 is 1.79 bits per heavy atom. The minimum absolute atomic E-state index is 0.204. The molecule has 0 saturated carbocycles. The van der Waals surface area contributed by atoms with Gasteiger partial charge < -0.3 is 10.2 Å². The molecule has 14 heavy (non-hydrogen) atoms. The lowest BCUT2D eigenvalue weighted by Gasteiger charge is -2.09. The highest BCUT2D eigenvalue weighted by Gasteiger charge is 2.03. The molecular weight excluding hydrogens is 176 g/mol. The molecule has 2 heteroatoms. The van der Waals surface area contributed by atoms with E-state index in [4.69, 9.17) is 5.11 Å². The molecule has 0 rings (SSSR count). The second-order valence-electron chi connectivity index (χ2n) is 4.29. The van der Waals surface area contributed by atoms with Gasteiger partial charge in [-0.25, -0.2) is 0 Å². The molecule has 0 aromatic carbocycles. The minimum atomic E-state index is -0.236. The lowest BCUT2D eigenvalue weighted by Crippen LogP contribution is -2.07. The van der Waals surface area contributed by atoms with Crippen LogP contribution in [0, 0.1) is 0 Å². The molecule has 0 spiro atoms. The minimum Gasteiger partial charge on any atom is -0.393 e. The Bertz CT molecular complexity index is 158. The molecule has 0 aromatic heterocycles. The van der Waals surface area contributed by atoms with Gasteiger partial charge in [-0.1, -0.05) is 11.6 Å². The van der Waals surface area contributed by atoms with Gasteiger partial charge in [0.05, 0.1) is 12.2 Å². The van der Waals surface area contributed by atoms with Gasteiger partial charge in [-0.15, -0.1) is 0 Å². The number of allylic oxidation sites excluding steroid dienone is 2. The average molecular weight is 200 g/mol. The Kier molecular flexibility index (Phi) is 7.81. The fourth-order valence-corrected chi connectivity index (χ4v) is 1.36. The molecular formula is C12H24O2. The van der Waals surface area contributed by atoms with E-state index in [2.05, 4.69) is 19.9 Å². The van der Waals surface area contributed by atoms with E-state index in [1.807, 2.05) is 0 Å². The molecule has 0 heterocycles. The van der Waals surface area contributed by atoms with Crippen LogP contribution in [0.4, 0.5) is 0 Å². The van der Waals surface area contributed by atoms with Gasteiger partial charge >= 0.3 is 0 Å². The molecule has 0 aliphatic rings. The smallest absolute Gasteiger partial charge is 0.0543 e. The first-order chi connectivity index (χ1) is 6.52. The van der Waals surface area contributed by atoms with Crippen molar-refractivity contribution in [2.45, 2.75) is 65.1 Å². The maximum Gasteiger partial charge on any atom is 0.0543 e. The maximum absolute atomic E-state index is 9.56. The summed E-state index contributed by atoms with van der Waals surface area (Å²) in [6, 6.07) is 0. The van der Waals surface area contributed by atoms with E-state index < -0.39 is 0 Å². The first kappa shape index (κ1) is 13.7. The summed E-state index contributed by atoms with van der Waals surface area (Å²) < 4.78 is 0. The monoisotopic (exact) mass is 200 g/mol. The van der Waals surface area contributed by atoms with E-state index in [0.29, 0.717) is 0 Å². The van der Waals surface area contributed by atoms with Crippen molar-refractivity contribution < 1.29 is 10.2 Å². The lowest BCUT2D eigenvalue weighted by atomic mass is 10.1. The van der Waals surface area contributed by atoms with Crippen LogP contribution >= 0.6 is 0 Å². The van der Waals surface area contributed by atoms with Crippen LogP contribution in [0.25, 0.3) is 0 Å². The van der Waals surface area contributed by atoms with Crippen molar-refractivity contribution in [2.75, 3.05) is 0 Å². The molecule has 0 bridgehead atoms. The molecule has 0 radical (unpaired) electrons. The van der Waals surface area contributed by atoms with E-state index in [0.717, 1.165) is 32.1 Å². The first-order valence-electron chi connectivity index (χ1n) is 5.52. The Balaban J connectivity index is 3.37. The van der Waals surface area contributed by atoms with Crippen molar-refractivity contribution in [1.29, 1.82) is 0 Å². The molecule has 0 fully saturated rings. The number of hydrogen-bond acceptors (Lipinski definition) is 2. The fraction of sp³-hybridized carbons (Fsp3) is 0.833. The highest BCUT2D eigenvalue weighted by Crippen LogP contribution is 2.09. The van der Waals surface area contributed by atoms with Crippen LogP contribution in [-0.4, -0.2) is 22.4 Å². The highest BCUT2D eigenvalue weighted by atomic mass is 16.3. The number of aliphatic hydroxyl groups is 2. The van der Waals surface area contributed by atoms with Crippen LogP contribution in [0.3, 0.4) is 0 Å². The summed E-state index contributed by atoms with van der Waals surface area (Å²) in [6.07, 6.45) is 6.01. The van der Waals surface area contributed by atoms with Crippen molar-refractivity contribution in [1.82, 2.24) is 0 Å². The Hall–Kier alpha value is -0.340. The summed E-state index contributed by atoms with van der Waals surface area (Å²) in [5, 5.41) is 18.6. The van der Waals surface area contributed by atoms with Gasteiger partial charge in [0.25, 0.3) is 0 Å². The normalized spacial score (nSPS) is 14.9. The second kappa shape index (κ2) is 8.01. The predicted molar refractivity (Wildman–Crippen MR) is 60.2 cm³/mol. The van der Waals surface area contributed by atoms with Crippen molar-refractivity contribution >= 4 is 0 Å². The van der Waals surface area contributed by atoms with Crippen LogP contribution in [0.15, 0.2) is 11.6 Å². The van der Waals surface area contributed by atoms with Crippen LogP contribution < -0.4 is 0 Å². The standard InChI is InChI=1S/C12H24O2/c1-10(2)6-4-8-12(14)9-5-7-11(3)13/h6,11-14H,4-5,7-9H2,1-3H3. The van der Waals surface area contributed by atoms with Crippen molar-refractivity contribution in [2.24, 2.45) is 0 Å². The van der Waals surface area contributed by atoms with Crippen LogP contribution in [0.2, 0.25) is 0 Å². The molecule has 2 nitrogen and oxygen atoms in total. The molecule has 2 atom stereocenters. The number of rotatable bonds is 7. The second-order valence-corrected chi connectivity index (χ2v) is 4.29. The zero-order valence-corrected chi connectivity index (χ0v) is 9.66. The molecule has 0 aromatic rings. The summed E-state index contributed by atoms with van der Waals surface area (Å²) in [4.78, 5) is 0.